The molecule has 0 heterocycles. The molecule has 1 unspecified atom stereocenters. The first-order valence-corrected chi connectivity index (χ1v) is 7.27. The summed E-state index contributed by atoms with van der Waals surface area (Å²) in [5.41, 5.74) is 2.13. The molecule has 1 aliphatic rings. The van der Waals surface area contributed by atoms with Gasteiger partial charge >= 0.3 is 0 Å². The second-order valence-electron chi connectivity index (χ2n) is 4.90. The van der Waals surface area contributed by atoms with Gasteiger partial charge in [-0.3, -0.25) is 0 Å². The third-order valence-corrected chi connectivity index (χ3v) is 3.24. The minimum Gasteiger partial charge on any atom is -0.494 e. The number of nitriles is 1. The van der Waals surface area contributed by atoms with Crippen LogP contribution in [-0.2, 0) is 4.74 Å². The summed E-state index contributed by atoms with van der Waals surface area (Å²) in [6.07, 6.45) is 12.1. The molecule has 0 aliphatic heterocycles. The van der Waals surface area contributed by atoms with Gasteiger partial charge in [0.05, 0.1) is 12.6 Å². The average molecular weight is 280 g/mol. The van der Waals surface area contributed by atoms with Crippen molar-refractivity contribution in [1.82, 2.24) is 5.32 Å². The number of hydrogen-bond acceptors (Lipinski definition) is 3. The highest BCUT2D eigenvalue weighted by molar-refractivity contribution is 5.60. The molecule has 3 heteroatoms. The highest BCUT2D eigenvalue weighted by atomic mass is 16.5. The van der Waals surface area contributed by atoms with Crippen molar-refractivity contribution in [3.8, 4) is 6.19 Å². The van der Waals surface area contributed by atoms with Gasteiger partial charge in [-0.1, -0.05) is 49.8 Å². The fourth-order valence-electron chi connectivity index (χ4n) is 2.10. The second kappa shape index (κ2) is 7.96. The number of nitrogens with one attached hydrogen (secondary N) is 1. The Morgan fingerprint density at radius 3 is 2.86 bits per heavy atom. The van der Waals surface area contributed by atoms with Crippen molar-refractivity contribution >= 4 is 6.08 Å². The maximum absolute atomic E-state index is 8.87. The standard InChI is InChI=1S/C18H20N2O/c1-2-3-11-21-17-9-10-18(20-14-19)16(13-17)12-15-7-5-4-6-8-15/h4-10,12-13,18,20H,2-3,11H2,1H3. The van der Waals surface area contributed by atoms with E-state index in [4.69, 9.17) is 10.00 Å². The lowest BCUT2D eigenvalue weighted by Crippen LogP contribution is -2.25. The molecule has 0 radical (unpaired) electrons. The van der Waals surface area contributed by atoms with Crippen LogP contribution in [0.2, 0.25) is 0 Å². The third kappa shape index (κ3) is 4.54. The van der Waals surface area contributed by atoms with Gasteiger partial charge in [0.25, 0.3) is 0 Å². The quantitative estimate of drug-likeness (QED) is 0.490. The van der Waals surface area contributed by atoms with Gasteiger partial charge in [0.2, 0.25) is 0 Å². The van der Waals surface area contributed by atoms with E-state index in [0.29, 0.717) is 0 Å². The average Bonchev–Trinajstić information content (AvgIpc) is 2.51. The zero-order valence-electron chi connectivity index (χ0n) is 12.3. The molecule has 0 fully saturated rings. The summed E-state index contributed by atoms with van der Waals surface area (Å²) in [7, 11) is 0. The molecule has 1 aliphatic carbocycles. The summed E-state index contributed by atoms with van der Waals surface area (Å²) < 4.78 is 5.74. The van der Waals surface area contributed by atoms with E-state index in [0.717, 1.165) is 36.3 Å². The molecule has 1 N–H and O–H groups in total. The van der Waals surface area contributed by atoms with Crippen molar-refractivity contribution in [3.63, 3.8) is 0 Å². The number of allylic oxidation sites excluding steroid dienone is 1. The minimum absolute atomic E-state index is 0.103. The summed E-state index contributed by atoms with van der Waals surface area (Å²) in [5, 5.41) is 11.7. The van der Waals surface area contributed by atoms with Gasteiger partial charge in [-0.05, 0) is 35.8 Å². The van der Waals surface area contributed by atoms with E-state index in [-0.39, 0.29) is 6.04 Å². The van der Waals surface area contributed by atoms with Crippen LogP contribution >= 0.6 is 0 Å². The number of unbranched alkanes of at least 4 members (excludes halogenated alkanes) is 1. The van der Waals surface area contributed by atoms with Crippen molar-refractivity contribution in [3.05, 3.63) is 65.5 Å². The number of nitrogens with zero attached hydrogens (tertiary/aromatic N) is 1. The van der Waals surface area contributed by atoms with Crippen LogP contribution < -0.4 is 5.32 Å². The van der Waals surface area contributed by atoms with E-state index < -0.39 is 0 Å². The van der Waals surface area contributed by atoms with Crippen molar-refractivity contribution in [1.29, 1.82) is 5.26 Å². The molecule has 1 aromatic rings. The van der Waals surface area contributed by atoms with Crippen LogP contribution in [0.4, 0.5) is 0 Å². The van der Waals surface area contributed by atoms with E-state index in [1.165, 1.54) is 0 Å². The van der Waals surface area contributed by atoms with Crippen molar-refractivity contribution < 1.29 is 4.74 Å². The molecule has 0 saturated carbocycles. The summed E-state index contributed by atoms with van der Waals surface area (Å²) >= 11 is 0. The highest BCUT2D eigenvalue weighted by Gasteiger charge is 2.14. The molecule has 21 heavy (non-hydrogen) atoms. The van der Waals surface area contributed by atoms with Gasteiger partial charge in [0.1, 0.15) is 5.76 Å². The van der Waals surface area contributed by atoms with Gasteiger partial charge in [-0.15, -0.1) is 0 Å². The third-order valence-electron chi connectivity index (χ3n) is 3.24. The normalized spacial score (nSPS) is 19.0. The van der Waals surface area contributed by atoms with Crippen molar-refractivity contribution in [2.45, 2.75) is 25.8 Å². The Hall–Kier alpha value is -2.47. The van der Waals surface area contributed by atoms with E-state index in [9.17, 15) is 0 Å². The van der Waals surface area contributed by atoms with Gasteiger partial charge in [0, 0.05) is 0 Å². The van der Waals surface area contributed by atoms with Crippen LogP contribution in [0.3, 0.4) is 0 Å². The molecule has 0 aromatic heterocycles. The fourth-order valence-corrected chi connectivity index (χ4v) is 2.10. The lowest BCUT2D eigenvalue weighted by molar-refractivity contribution is 0.218. The summed E-state index contributed by atoms with van der Waals surface area (Å²) in [6.45, 7) is 2.86. The van der Waals surface area contributed by atoms with Crippen LogP contribution in [-0.4, -0.2) is 12.6 Å². The van der Waals surface area contributed by atoms with E-state index in [1.54, 1.807) is 0 Å². The first-order valence-electron chi connectivity index (χ1n) is 7.27. The SMILES string of the molecule is CCCCOC1=CC(=Cc2ccccc2)C(NC#N)C=C1. The summed E-state index contributed by atoms with van der Waals surface area (Å²) in [4.78, 5) is 0. The molecular weight excluding hydrogens is 260 g/mol. The number of rotatable bonds is 6. The fraction of sp³-hybridized carbons (Fsp3) is 0.278. The van der Waals surface area contributed by atoms with Gasteiger partial charge < -0.3 is 10.1 Å². The summed E-state index contributed by atoms with van der Waals surface area (Å²) in [5.74, 6) is 0.849. The Bertz CT molecular complexity index is 579. The number of hydrogen-bond donors (Lipinski definition) is 1. The first kappa shape index (κ1) is 14.9. The van der Waals surface area contributed by atoms with Gasteiger partial charge in [-0.25, -0.2) is 0 Å². The van der Waals surface area contributed by atoms with Crippen LogP contribution in [0.15, 0.2) is 59.9 Å². The molecule has 108 valence electrons. The minimum atomic E-state index is -0.103. The largest absolute Gasteiger partial charge is 0.494 e. The van der Waals surface area contributed by atoms with Crippen LogP contribution in [0, 0.1) is 11.5 Å². The Balaban J connectivity index is 2.18. The molecule has 1 aromatic carbocycles. The van der Waals surface area contributed by atoms with Crippen molar-refractivity contribution in [2.24, 2.45) is 0 Å². The molecule has 3 nitrogen and oxygen atoms in total. The van der Waals surface area contributed by atoms with Crippen LogP contribution in [0.5, 0.6) is 0 Å². The molecule has 1 atom stereocenters. The Labute approximate surface area is 126 Å². The summed E-state index contributed by atoms with van der Waals surface area (Å²) in [6, 6.07) is 9.97. The van der Waals surface area contributed by atoms with Crippen molar-refractivity contribution in [2.75, 3.05) is 6.61 Å². The monoisotopic (exact) mass is 280 g/mol. The lowest BCUT2D eigenvalue weighted by Gasteiger charge is -2.19. The van der Waals surface area contributed by atoms with E-state index >= 15 is 0 Å². The number of ether oxygens (including phenoxy) is 1. The maximum Gasteiger partial charge on any atom is 0.177 e. The zero-order valence-corrected chi connectivity index (χ0v) is 12.3. The number of benzene rings is 1. The Morgan fingerprint density at radius 2 is 2.14 bits per heavy atom. The van der Waals surface area contributed by atoms with E-state index in [1.807, 2.05) is 54.8 Å². The molecule has 0 amide bonds. The van der Waals surface area contributed by atoms with E-state index in [2.05, 4.69) is 18.3 Å². The maximum atomic E-state index is 8.87. The predicted octanol–water partition coefficient (Wildman–Crippen LogP) is 3.78. The van der Waals surface area contributed by atoms with Gasteiger partial charge in [-0.2, -0.15) is 5.26 Å². The molecule has 0 spiro atoms. The highest BCUT2D eigenvalue weighted by Crippen LogP contribution is 2.20. The van der Waals surface area contributed by atoms with Gasteiger partial charge in [0.15, 0.2) is 6.19 Å². The van der Waals surface area contributed by atoms with Crippen LogP contribution in [0.1, 0.15) is 25.3 Å². The van der Waals surface area contributed by atoms with Crippen LogP contribution in [0.25, 0.3) is 6.08 Å². The topological polar surface area (TPSA) is 45.0 Å². The smallest absolute Gasteiger partial charge is 0.177 e. The molecule has 0 saturated heterocycles. The Kier molecular flexibility index (Phi) is 5.66. The molecule has 0 bridgehead atoms. The second-order valence-corrected chi connectivity index (χ2v) is 4.90. The molecule has 2 rings (SSSR count). The molecular formula is C18H20N2O. The Morgan fingerprint density at radius 1 is 1.33 bits per heavy atom. The predicted molar refractivity (Wildman–Crippen MR) is 85.0 cm³/mol. The first-order chi connectivity index (χ1) is 10.3. The lowest BCUT2D eigenvalue weighted by atomic mass is 9.98. The zero-order chi connectivity index (χ0) is 14.9.